The predicted molar refractivity (Wildman–Crippen MR) is 64.3 cm³/mol. The van der Waals surface area contributed by atoms with Crippen LogP contribution in [0.25, 0.3) is 0 Å². The number of urea groups is 1. The summed E-state index contributed by atoms with van der Waals surface area (Å²) in [5.74, 6) is 0. The van der Waals surface area contributed by atoms with Crippen LogP contribution in [0.15, 0.2) is 0 Å². The highest BCUT2D eigenvalue weighted by Crippen LogP contribution is 2.13. The van der Waals surface area contributed by atoms with E-state index in [4.69, 9.17) is 0 Å². The van der Waals surface area contributed by atoms with Crippen LogP contribution in [0.1, 0.15) is 46.5 Å². The molecule has 1 heterocycles. The van der Waals surface area contributed by atoms with E-state index in [9.17, 15) is 9.90 Å². The molecule has 0 aliphatic carbocycles. The topological polar surface area (TPSA) is 52.6 Å². The first kappa shape index (κ1) is 13.3. The molecule has 1 aliphatic rings. The van der Waals surface area contributed by atoms with Crippen molar-refractivity contribution < 1.29 is 9.90 Å². The molecule has 2 N–H and O–H groups in total. The van der Waals surface area contributed by atoms with Gasteiger partial charge in [-0.1, -0.05) is 12.8 Å². The van der Waals surface area contributed by atoms with Gasteiger partial charge in [-0.05, 0) is 33.6 Å². The van der Waals surface area contributed by atoms with Crippen molar-refractivity contribution in [3.8, 4) is 0 Å². The Bertz CT molecular complexity index is 231. The summed E-state index contributed by atoms with van der Waals surface area (Å²) in [5.41, 5.74) is -0.566. The van der Waals surface area contributed by atoms with Crippen molar-refractivity contribution in [3.05, 3.63) is 0 Å². The molecule has 1 saturated heterocycles. The van der Waals surface area contributed by atoms with E-state index in [2.05, 4.69) is 5.32 Å². The Morgan fingerprint density at radius 1 is 1.25 bits per heavy atom. The largest absolute Gasteiger partial charge is 0.391 e. The minimum Gasteiger partial charge on any atom is -0.391 e. The normalized spacial score (nSPS) is 20.1. The highest BCUT2D eigenvalue weighted by molar-refractivity contribution is 5.75. The standard InChI is InChI=1S/C12H24N2O2/c1-10(15)12(2,3)13-11(16)14-8-6-4-5-7-9-14/h10,15H,4-9H2,1-3H3,(H,13,16). The van der Waals surface area contributed by atoms with Crippen LogP contribution >= 0.6 is 0 Å². The van der Waals surface area contributed by atoms with Crippen molar-refractivity contribution in [1.82, 2.24) is 10.2 Å². The molecule has 0 aromatic rings. The maximum atomic E-state index is 12.0. The number of aliphatic hydroxyl groups is 1. The molecule has 4 heteroatoms. The van der Waals surface area contributed by atoms with E-state index in [0.717, 1.165) is 25.9 Å². The van der Waals surface area contributed by atoms with Crippen molar-refractivity contribution >= 4 is 6.03 Å². The van der Waals surface area contributed by atoms with Crippen molar-refractivity contribution in [2.24, 2.45) is 0 Å². The molecule has 4 nitrogen and oxygen atoms in total. The highest BCUT2D eigenvalue weighted by atomic mass is 16.3. The Balaban J connectivity index is 2.50. The second kappa shape index (κ2) is 5.53. The highest BCUT2D eigenvalue weighted by Gasteiger charge is 2.28. The zero-order valence-corrected chi connectivity index (χ0v) is 10.6. The van der Waals surface area contributed by atoms with Crippen LogP contribution in [-0.2, 0) is 0 Å². The average molecular weight is 228 g/mol. The van der Waals surface area contributed by atoms with Gasteiger partial charge in [0.15, 0.2) is 0 Å². The molecular formula is C12H24N2O2. The SMILES string of the molecule is CC(O)C(C)(C)NC(=O)N1CCCCCC1. The summed E-state index contributed by atoms with van der Waals surface area (Å²) in [4.78, 5) is 13.8. The fourth-order valence-electron chi connectivity index (χ4n) is 1.73. The maximum Gasteiger partial charge on any atom is 0.317 e. The lowest BCUT2D eigenvalue weighted by molar-refractivity contribution is 0.0948. The molecule has 0 spiro atoms. The lowest BCUT2D eigenvalue weighted by Gasteiger charge is -2.32. The molecule has 1 atom stereocenters. The first-order valence-electron chi connectivity index (χ1n) is 6.18. The van der Waals surface area contributed by atoms with Crippen LogP contribution in [0.2, 0.25) is 0 Å². The van der Waals surface area contributed by atoms with Crippen molar-refractivity contribution in [1.29, 1.82) is 0 Å². The number of rotatable bonds is 2. The van der Waals surface area contributed by atoms with Crippen molar-refractivity contribution in [2.75, 3.05) is 13.1 Å². The van der Waals surface area contributed by atoms with Crippen LogP contribution in [0.4, 0.5) is 4.79 Å². The fourth-order valence-corrected chi connectivity index (χ4v) is 1.73. The number of hydrogen-bond donors (Lipinski definition) is 2. The van der Waals surface area contributed by atoms with E-state index >= 15 is 0 Å². The van der Waals surface area contributed by atoms with Gasteiger partial charge in [0.2, 0.25) is 0 Å². The van der Waals surface area contributed by atoms with Crippen LogP contribution in [0.3, 0.4) is 0 Å². The van der Waals surface area contributed by atoms with E-state index in [1.54, 1.807) is 6.92 Å². The summed E-state index contributed by atoms with van der Waals surface area (Å²) in [6, 6.07) is -0.0483. The summed E-state index contributed by atoms with van der Waals surface area (Å²) in [6.45, 7) is 7.05. The molecule has 94 valence electrons. The van der Waals surface area contributed by atoms with Gasteiger partial charge in [0.25, 0.3) is 0 Å². The monoisotopic (exact) mass is 228 g/mol. The lowest BCUT2D eigenvalue weighted by Crippen LogP contribution is -2.55. The van der Waals surface area contributed by atoms with Crippen LogP contribution < -0.4 is 5.32 Å². The van der Waals surface area contributed by atoms with Gasteiger partial charge >= 0.3 is 6.03 Å². The summed E-state index contributed by atoms with van der Waals surface area (Å²) < 4.78 is 0. The minimum atomic E-state index is -0.566. The number of hydrogen-bond acceptors (Lipinski definition) is 2. The molecule has 0 radical (unpaired) electrons. The molecule has 16 heavy (non-hydrogen) atoms. The molecule has 1 rings (SSSR count). The fraction of sp³-hybridized carbons (Fsp3) is 0.917. The third kappa shape index (κ3) is 3.67. The number of amides is 2. The Hall–Kier alpha value is -0.770. The second-order valence-corrected chi connectivity index (χ2v) is 5.23. The summed E-state index contributed by atoms with van der Waals surface area (Å²) in [7, 11) is 0. The molecule has 0 bridgehead atoms. The van der Waals surface area contributed by atoms with Crippen LogP contribution in [-0.4, -0.2) is 40.8 Å². The van der Waals surface area contributed by atoms with Crippen LogP contribution in [0, 0.1) is 0 Å². The number of carbonyl (C=O) groups excluding carboxylic acids is 1. The van der Waals surface area contributed by atoms with E-state index < -0.39 is 11.6 Å². The quantitative estimate of drug-likeness (QED) is 0.756. The van der Waals surface area contributed by atoms with Gasteiger partial charge in [0, 0.05) is 13.1 Å². The average Bonchev–Trinajstić information content (AvgIpc) is 2.44. The molecule has 1 aliphatic heterocycles. The number of nitrogens with one attached hydrogen (secondary N) is 1. The Morgan fingerprint density at radius 3 is 2.19 bits per heavy atom. The van der Waals surface area contributed by atoms with Crippen LogP contribution in [0.5, 0.6) is 0 Å². The van der Waals surface area contributed by atoms with E-state index in [0.29, 0.717) is 0 Å². The molecule has 0 aromatic carbocycles. The molecule has 1 fully saturated rings. The molecule has 0 aromatic heterocycles. The second-order valence-electron chi connectivity index (χ2n) is 5.23. The van der Waals surface area contributed by atoms with Crippen molar-refractivity contribution in [2.45, 2.75) is 58.1 Å². The number of aliphatic hydroxyl groups excluding tert-OH is 1. The predicted octanol–water partition coefficient (Wildman–Crippen LogP) is 1.73. The van der Waals surface area contributed by atoms with Gasteiger partial charge in [-0.2, -0.15) is 0 Å². The first-order valence-corrected chi connectivity index (χ1v) is 6.18. The first-order chi connectivity index (χ1) is 7.43. The third-order valence-corrected chi connectivity index (χ3v) is 3.37. The number of likely N-dealkylation sites (tertiary alicyclic amines) is 1. The van der Waals surface area contributed by atoms with E-state index in [1.165, 1.54) is 12.8 Å². The summed E-state index contributed by atoms with van der Waals surface area (Å²) in [6.07, 6.45) is 4.04. The van der Waals surface area contributed by atoms with E-state index in [1.807, 2.05) is 18.7 Å². The van der Waals surface area contributed by atoms with Gasteiger partial charge in [-0.3, -0.25) is 0 Å². The van der Waals surface area contributed by atoms with Gasteiger partial charge in [-0.15, -0.1) is 0 Å². The summed E-state index contributed by atoms with van der Waals surface area (Å²) >= 11 is 0. The summed E-state index contributed by atoms with van der Waals surface area (Å²) in [5, 5.41) is 12.4. The van der Waals surface area contributed by atoms with Gasteiger partial charge in [-0.25, -0.2) is 4.79 Å². The number of nitrogens with zero attached hydrogens (tertiary/aromatic N) is 1. The van der Waals surface area contributed by atoms with Gasteiger partial charge < -0.3 is 15.3 Å². The van der Waals surface area contributed by atoms with Crippen molar-refractivity contribution in [3.63, 3.8) is 0 Å². The zero-order valence-electron chi connectivity index (χ0n) is 10.6. The van der Waals surface area contributed by atoms with Gasteiger partial charge in [0.05, 0.1) is 11.6 Å². The lowest BCUT2D eigenvalue weighted by atomic mass is 9.99. The number of carbonyl (C=O) groups is 1. The van der Waals surface area contributed by atoms with Gasteiger partial charge in [0.1, 0.15) is 0 Å². The Labute approximate surface area is 98.0 Å². The smallest absolute Gasteiger partial charge is 0.317 e. The Kier molecular flexibility index (Phi) is 4.59. The minimum absolute atomic E-state index is 0.0483. The Morgan fingerprint density at radius 2 is 1.75 bits per heavy atom. The third-order valence-electron chi connectivity index (χ3n) is 3.37. The molecule has 2 amide bonds. The molecular weight excluding hydrogens is 204 g/mol. The molecule has 1 unspecified atom stereocenters. The zero-order chi connectivity index (χ0) is 12.2. The van der Waals surface area contributed by atoms with E-state index in [-0.39, 0.29) is 6.03 Å². The maximum absolute atomic E-state index is 12.0. The molecule has 0 saturated carbocycles.